The van der Waals surface area contributed by atoms with Gasteiger partial charge in [-0.3, -0.25) is 0 Å². The second-order valence-corrected chi connectivity index (χ2v) is 5.25. The Morgan fingerprint density at radius 3 is 2.16 bits per heavy atom. The van der Waals surface area contributed by atoms with Crippen molar-refractivity contribution in [3.8, 4) is 11.5 Å². The number of ether oxygens (including phenoxy) is 2. The third-order valence-corrected chi connectivity index (χ3v) is 3.33. The highest BCUT2D eigenvalue weighted by molar-refractivity contribution is 5.50. The van der Waals surface area contributed by atoms with E-state index in [9.17, 15) is 4.39 Å². The van der Waals surface area contributed by atoms with Crippen molar-refractivity contribution in [3.05, 3.63) is 23.3 Å². The molecule has 0 aliphatic heterocycles. The summed E-state index contributed by atoms with van der Waals surface area (Å²) in [5.74, 6) is 1.34. The van der Waals surface area contributed by atoms with Crippen LogP contribution in [0.4, 0.5) is 4.39 Å². The first-order valence-electron chi connectivity index (χ1n) is 6.50. The Morgan fingerprint density at radius 1 is 1.21 bits per heavy atom. The Hall–Kier alpha value is -1.29. The van der Waals surface area contributed by atoms with Crippen LogP contribution in [0.5, 0.6) is 11.5 Å². The number of hydrogen-bond acceptors (Lipinski definition) is 3. The molecule has 0 fully saturated rings. The van der Waals surface area contributed by atoms with Crippen molar-refractivity contribution in [2.45, 2.75) is 38.8 Å². The maximum absolute atomic E-state index is 14.4. The van der Waals surface area contributed by atoms with Gasteiger partial charge in [0, 0.05) is 0 Å². The first kappa shape index (κ1) is 15.8. The second kappa shape index (κ2) is 6.24. The molecule has 0 amide bonds. The molecule has 1 rings (SSSR count). The normalized spacial score (nSPS) is 13.2. The summed E-state index contributed by atoms with van der Waals surface area (Å²) in [6.45, 7) is 5.71. The number of halogens is 1. The van der Waals surface area contributed by atoms with Gasteiger partial charge in [0.15, 0.2) is 11.5 Å². The number of benzene rings is 1. The van der Waals surface area contributed by atoms with Gasteiger partial charge in [-0.05, 0) is 56.0 Å². The summed E-state index contributed by atoms with van der Waals surface area (Å²) < 4.78 is 25.0. The van der Waals surface area contributed by atoms with Gasteiger partial charge in [-0.2, -0.15) is 0 Å². The molecule has 2 N–H and O–H groups in total. The summed E-state index contributed by atoms with van der Waals surface area (Å²) in [7, 11) is 3.13. The van der Waals surface area contributed by atoms with Crippen molar-refractivity contribution >= 4 is 0 Å². The average Bonchev–Trinajstić information content (AvgIpc) is 2.36. The van der Waals surface area contributed by atoms with E-state index in [1.165, 1.54) is 0 Å². The first-order chi connectivity index (χ1) is 8.85. The number of methoxy groups -OCH3 is 2. The van der Waals surface area contributed by atoms with Crippen molar-refractivity contribution in [1.82, 2.24) is 0 Å². The molecular weight excluding hydrogens is 245 g/mol. The Kier molecular flexibility index (Phi) is 5.18. The molecule has 1 aromatic carbocycles. The Morgan fingerprint density at radius 2 is 1.74 bits per heavy atom. The predicted octanol–water partition coefficient (Wildman–Crippen LogP) is 3.36. The van der Waals surface area contributed by atoms with Gasteiger partial charge < -0.3 is 15.2 Å². The van der Waals surface area contributed by atoms with Crippen molar-refractivity contribution in [2.24, 2.45) is 5.73 Å². The van der Waals surface area contributed by atoms with Gasteiger partial charge in [-0.1, -0.05) is 6.92 Å². The highest BCUT2D eigenvalue weighted by Crippen LogP contribution is 2.40. The third-order valence-electron chi connectivity index (χ3n) is 3.33. The van der Waals surface area contributed by atoms with Crippen LogP contribution in [-0.4, -0.2) is 20.8 Å². The fourth-order valence-electron chi connectivity index (χ4n) is 2.22. The number of alkyl halides is 1. The molecule has 1 unspecified atom stereocenters. The minimum atomic E-state index is -1.43. The van der Waals surface area contributed by atoms with E-state index in [1.54, 1.807) is 34.1 Å². The minimum Gasteiger partial charge on any atom is -0.493 e. The van der Waals surface area contributed by atoms with Crippen LogP contribution >= 0.6 is 0 Å². The molecule has 0 aliphatic rings. The summed E-state index contributed by atoms with van der Waals surface area (Å²) in [5.41, 5.74) is 5.73. The van der Waals surface area contributed by atoms with E-state index < -0.39 is 5.67 Å². The molecule has 0 bridgehead atoms. The maximum Gasteiger partial charge on any atom is 0.161 e. The van der Waals surface area contributed by atoms with Crippen LogP contribution in [0.2, 0.25) is 0 Å². The molecule has 3 nitrogen and oxygen atoms in total. The molecule has 0 aromatic heterocycles. The maximum atomic E-state index is 14.4. The van der Waals surface area contributed by atoms with Crippen molar-refractivity contribution in [3.63, 3.8) is 0 Å². The van der Waals surface area contributed by atoms with Gasteiger partial charge in [0.2, 0.25) is 0 Å². The number of hydrogen-bond donors (Lipinski definition) is 1. The monoisotopic (exact) mass is 269 g/mol. The van der Waals surface area contributed by atoms with Gasteiger partial charge in [0.25, 0.3) is 0 Å². The van der Waals surface area contributed by atoms with E-state index in [4.69, 9.17) is 15.2 Å². The Balaban J connectivity index is 3.40. The lowest BCUT2D eigenvalue weighted by Crippen LogP contribution is -2.16. The third kappa shape index (κ3) is 3.60. The number of nitrogens with two attached hydrogens (primary N) is 1. The van der Waals surface area contributed by atoms with Gasteiger partial charge >= 0.3 is 0 Å². The lowest BCUT2D eigenvalue weighted by molar-refractivity contribution is 0.217. The molecule has 108 valence electrons. The fourth-order valence-corrected chi connectivity index (χ4v) is 2.22. The van der Waals surface area contributed by atoms with Crippen LogP contribution in [0.25, 0.3) is 0 Å². The van der Waals surface area contributed by atoms with E-state index in [-0.39, 0.29) is 5.92 Å². The molecule has 0 saturated heterocycles. The van der Waals surface area contributed by atoms with Crippen molar-refractivity contribution in [2.75, 3.05) is 20.8 Å². The van der Waals surface area contributed by atoms with Crippen LogP contribution in [0, 0.1) is 0 Å². The lowest BCUT2D eigenvalue weighted by Gasteiger charge is -2.24. The molecule has 0 saturated carbocycles. The summed E-state index contributed by atoms with van der Waals surface area (Å²) >= 11 is 0. The van der Waals surface area contributed by atoms with E-state index >= 15 is 0 Å². The zero-order valence-corrected chi connectivity index (χ0v) is 12.4. The van der Waals surface area contributed by atoms with E-state index in [1.807, 2.05) is 13.0 Å². The Labute approximate surface area is 114 Å². The SMILES string of the molecule is COc1cc(C(C)CCN)c(C(C)(C)F)cc1OC. The van der Waals surface area contributed by atoms with Gasteiger partial charge in [0.05, 0.1) is 14.2 Å². The second-order valence-electron chi connectivity index (χ2n) is 5.25. The van der Waals surface area contributed by atoms with E-state index in [0.717, 1.165) is 12.0 Å². The molecule has 1 atom stereocenters. The predicted molar refractivity (Wildman–Crippen MR) is 75.8 cm³/mol. The quantitative estimate of drug-likeness (QED) is 0.861. The molecule has 0 radical (unpaired) electrons. The van der Waals surface area contributed by atoms with Gasteiger partial charge in [0.1, 0.15) is 5.67 Å². The van der Waals surface area contributed by atoms with Crippen LogP contribution in [0.3, 0.4) is 0 Å². The average molecular weight is 269 g/mol. The zero-order valence-electron chi connectivity index (χ0n) is 12.4. The zero-order chi connectivity index (χ0) is 14.6. The number of rotatable bonds is 6. The summed E-state index contributed by atoms with van der Waals surface area (Å²) in [5, 5.41) is 0. The molecule has 0 heterocycles. The van der Waals surface area contributed by atoms with Gasteiger partial charge in [-0.25, -0.2) is 4.39 Å². The van der Waals surface area contributed by atoms with Crippen LogP contribution in [0.1, 0.15) is 44.2 Å². The van der Waals surface area contributed by atoms with Crippen LogP contribution in [-0.2, 0) is 5.67 Å². The highest BCUT2D eigenvalue weighted by atomic mass is 19.1. The minimum absolute atomic E-state index is 0.176. The van der Waals surface area contributed by atoms with Gasteiger partial charge in [-0.15, -0.1) is 0 Å². The highest BCUT2D eigenvalue weighted by Gasteiger charge is 2.27. The van der Waals surface area contributed by atoms with Crippen LogP contribution < -0.4 is 15.2 Å². The van der Waals surface area contributed by atoms with E-state index in [2.05, 4.69) is 0 Å². The standard InChI is InChI=1S/C15H24FNO2/c1-10(6-7-17)11-8-13(18-4)14(19-5)9-12(11)15(2,3)16/h8-10H,6-7,17H2,1-5H3. The van der Waals surface area contributed by atoms with Crippen molar-refractivity contribution in [1.29, 1.82) is 0 Å². The fraction of sp³-hybridized carbons (Fsp3) is 0.600. The van der Waals surface area contributed by atoms with Crippen molar-refractivity contribution < 1.29 is 13.9 Å². The largest absolute Gasteiger partial charge is 0.493 e. The topological polar surface area (TPSA) is 44.5 Å². The molecule has 1 aromatic rings. The molecule has 0 spiro atoms. The van der Waals surface area contributed by atoms with Crippen LogP contribution in [0.15, 0.2) is 12.1 Å². The molecule has 4 heteroatoms. The smallest absolute Gasteiger partial charge is 0.161 e. The van der Waals surface area contributed by atoms with E-state index in [0.29, 0.717) is 23.6 Å². The summed E-state index contributed by atoms with van der Waals surface area (Å²) in [6.07, 6.45) is 0.804. The Bertz CT molecular complexity index is 427. The molecular formula is C15H24FNO2. The summed E-state index contributed by atoms with van der Waals surface area (Å²) in [4.78, 5) is 0. The first-order valence-corrected chi connectivity index (χ1v) is 6.50. The summed E-state index contributed by atoms with van der Waals surface area (Å²) in [6, 6.07) is 3.58. The molecule has 19 heavy (non-hydrogen) atoms. The lowest BCUT2D eigenvalue weighted by atomic mass is 9.86. The molecule has 0 aliphatic carbocycles.